The Hall–Kier alpha value is -4.53. The number of rotatable bonds is 9. The fourth-order valence-electron chi connectivity index (χ4n) is 3.77. The van der Waals surface area contributed by atoms with Crippen LogP contribution in [0.25, 0.3) is 16.9 Å². The fraction of sp³-hybridized carbons (Fsp3) is 0.250. The second-order valence-electron chi connectivity index (χ2n) is 7.80. The van der Waals surface area contributed by atoms with Gasteiger partial charge in [-0.05, 0) is 36.6 Å². The summed E-state index contributed by atoms with van der Waals surface area (Å²) in [5.41, 5.74) is 1.52. The summed E-state index contributed by atoms with van der Waals surface area (Å²) in [5.74, 6) is 0.166. The van der Waals surface area contributed by atoms with Crippen molar-refractivity contribution >= 4 is 23.1 Å². The number of amides is 1. The first kappa shape index (κ1) is 24.6. The van der Waals surface area contributed by atoms with E-state index in [2.05, 4.69) is 37.1 Å². The second-order valence-corrected chi connectivity index (χ2v) is 7.80. The van der Waals surface area contributed by atoms with Crippen LogP contribution >= 0.6 is 0 Å². The molecule has 0 unspecified atom stereocenters. The largest absolute Gasteiger partial charge is 0.433 e. The van der Waals surface area contributed by atoms with Crippen molar-refractivity contribution in [2.24, 2.45) is 0 Å². The van der Waals surface area contributed by atoms with Gasteiger partial charge in [-0.2, -0.15) is 18.3 Å². The topological polar surface area (TPSA) is 112 Å². The quantitative estimate of drug-likeness (QED) is 0.160. The maximum Gasteiger partial charge on any atom is 0.433 e. The van der Waals surface area contributed by atoms with Gasteiger partial charge in [0.05, 0.1) is 23.7 Å². The minimum atomic E-state index is -4.59. The maximum atomic E-state index is 13.4. The molecule has 1 amide bonds. The average molecular weight is 496 g/mol. The normalized spacial score (nSPS) is 11.3. The number of nitrogens with zero attached hydrogens (tertiary/aromatic N) is 4. The van der Waals surface area contributed by atoms with Crippen molar-refractivity contribution < 1.29 is 18.0 Å². The number of aryl methyl sites for hydroxylation is 1. The molecule has 3 aromatic heterocycles. The van der Waals surface area contributed by atoms with E-state index in [0.717, 1.165) is 11.8 Å². The average Bonchev–Trinajstić information content (AvgIpc) is 3.51. The minimum absolute atomic E-state index is 0.120. The number of imidazole rings is 1. The van der Waals surface area contributed by atoms with Crippen LogP contribution < -0.4 is 16.0 Å². The Kier molecular flexibility index (Phi) is 7.10. The lowest BCUT2D eigenvalue weighted by Gasteiger charge is -2.13. The Morgan fingerprint density at radius 3 is 2.81 bits per heavy atom. The number of benzene rings is 1. The SMILES string of the molecule is C#CNCCCNC(=O)c1ccc(Nc2nccn3c(-c4cn[nH]c4C(F)(F)F)cnc23)cc1CC. The number of carbonyl (C=O) groups is 1. The van der Waals surface area contributed by atoms with Gasteiger partial charge in [-0.1, -0.05) is 13.3 Å². The highest BCUT2D eigenvalue weighted by Gasteiger charge is 2.36. The zero-order valence-corrected chi connectivity index (χ0v) is 19.3. The maximum absolute atomic E-state index is 13.4. The highest BCUT2D eigenvalue weighted by molar-refractivity contribution is 5.96. The summed E-state index contributed by atoms with van der Waals surface area (Å²) >= 11 is 0. The van der Waals surface area contributed by atoms with E-state index in [9.17, 15) is 18.0 Å². The molecule has 0 bridgehead atoms. The van der Waals surface area contributed by atoms with Gasteiger partial charge in [0.1, 0.15) is 5.69 Å². The number of halogens is 3. The number of anilines is 2. The summed E-state index contributed by atoms with van der Waals surface area (Å²) in [5, 5.41) is 14.3. The van der Waals surface area contributed by atoms with Crippen LogP contribution in [0.3, 0.4) is 0 Å². The molecule has 1 aromatic carbocycles. The molecule has 0 saturated heterocycles. The molecule has 4 N–H and O–H groups in total. The molecule has 36 heavy (non-hydrogen) atoms. The van der Waals surface area contributed by atoms with Crippen molar-refractivity contribution in [1.29, 1.82) is 0 Å². The molecule has 0 radical (unpaired) electrons. The van der Waals surface area contributed by atoms with Crippen molar-refractivity contribution in [2.75, 3.05) is 18.4 Å². The number of alkyl halides is 3. The number of terminal acetylenes is 1. The highest BCUT2D eigenvalue weighted by Crippen LogP contribution is 2.36. The number of carbonyl (C=O) groups excluding carboxylic acids is 1. The Morgan fingerprint density at radius 2 is 2.06 bits per heavy atom. The predicted molar refractivity (Wildman–Crippen MR) is 128 cm³/mol. The van der Waals surface area contributed by atoms with Gasteiger partial charge in [-0.3, -0.25) is 14.3 Å². The summed E-state index contributed by atoms with van der Waals surface area (Å²) in [6.45, 7) is 3.03. The first-order valence-electron chi connectivity index (χ1n) is 11.1. The lowest BCUT2D eigenvalue weighted by molar-refractivity contribution is -0.140. The number of fused-ring (bicyclic) bond motifs is 1. The summed E-state index contributed by atoms with van der Waals surface area (Å²) in [7, 11) is 0. The zero-order chi connectivity index (χ0) is 25.7. The molecule has 0 fully saturated rings. The van der Waals surface area contributed by atoms with Crippen LogP contribution in [-0.2, 0) is 12.6 Å². The molecule has 4 rings (SSSR count). The third kappa shape index (κ3) is 5.10. The van der Waals surface area contributed by atoms with E-state index in [-0.39, 0.29) is 17.2 Å². The highest BCUT2D eigenvalue weighted by atomic mass is 19.4. The van der Waals surface area contributed by atoms with Crippen LogP contribution in [0.5, 0.6) is 0 Å². The first-order valence-corrected chi connectivity index (χ1v) is 11.1. The lowest BCUT2D eigenvalue weighted by atomic mass is 10.0. The van der Waals surface area contributed by atoms with Crippen molar-refractivity contribution in [1.82, 2.24) is 35.2 Å². The van der Waals surface area contributed by atoms with Crippen LogP contribution in [0.1, 0.15) is 35.0 Å². The molecule has 3 heterocycles. The molecule has 9 nitrogen and oxygen atoms in total. The van der Waals surface area contributed by atoms with E-state index in [1.54, 1.807) is 12.1 Å². The second kappa shape index (κ2) is 10.4. The van der Waals surface area contributed by atoms with Crippen molar-refractivity contribution in [3.63, 3.8) is 0 Å². The summed E-state index contributed by atoms with van der Waals surface area (Å²) in [4.78, 5) is 21.2. The molecule has 0 aliphatic carbocycles. The van der Waals surface area contributed by atoms with Crippen LogP contribution in [-0.4, -0.2) is 43.6 Å². The minimum Gasteiger partial charge on any atom is -0.352 e. The van der Waals surface area contributed by atoms with E-state index < -0.39 is 11.9 Å². The van der Waals surface area contributed by atoms with Gasteiger partial charge in [-0.25, -0.2) is 9.97 Å². The van der Waals surface area contributed by atoms with Gasteiger partial charge < -0.3 is 16.0 Å². The first-order chi connectivity index (χ1) is 17.3. The molecular formula is C24H23F3N8O. The molecule has 186 valence electrons. The van der Waals surface area contributed by atoms with Crippen molar-refractivity contribution in [2.45, 2.75) is 25.9 Å². The fourth-order valence-corrected chi connectivity index (χ4v) is 3.77. The molecule has 0 saturated carbocycles. The molecule has 0 aliphatic heterocycles. The standard InChI is InChI=1S/C24H23F3N8O/c1-3-15-12-16(6-7-17(15)23(36)30-9-5-8-28-4-2)33-21-22-31-14-19(35(22)11-10-29-21)18-13-32-34-20(18)24(25,26)27/h2,6-7,10-14,28H,3,5,8-9H2,1H3,(H,29,33)(H,30,36)(H,32,34). The Morgan fingerprint density at radius 1 is 1.22 bits per heavy atom. The number of hydrogen-bond donors (Lipinski definition) is 4. The molecule has 0 atom stereocenters. The van der Waals surface area contributed by atoms with Crippen molar-refractivity contribution in [3.8, 4) is 23.7 Å². The number of nitrogens with one attached hydrogen (secondary N) is 4. The Bertz CT molecular complexity index is 1420. The van der Waals surface area contributed by atoms with E-state index in [1.807, 2.05) is 18.1 Å². The third-order valence-electron chi connectivity index (χ3n) is 5.49. The molecular weight excluding hydrogens is 473 g/mol. The van der Waals surface area contributed by atoms with Gasteiger partial charge in [0.2, 0.25) is 0 Å². The number of aromatic nitrogens is 5. The van der Waals surface area contributed by atoms with Crippen LogP contribution in [0.4, 0.5) is 24.7 Å². The van der Waals surface area contributed by atoms with Gasteiger partial charge in [0.25, 0.3) is 5.91 Å². The Labute approximate surface area is 204 Å². The summed E-state index contributed by atoms with van der Waals surface area (Å²) in [6, 6.07) is 7.62. The van der Waals surface area contributed by atoms with Gasteiger partial charge in [-0.15, -0.1) is 0 Å². The number of H-pyrrole nitrogens is 1. The van der Waals surface area contributed by atoms with Crippen molar-refractivity contribution in [3.05, 3.63) is 59.8 Å². The molecule has 4 aromatic rings. The monoisotopic (exact) mass is 496 g/mol. The predicted octanol–water partition coefficient (Wildman–Crippen LogP) is 3.74. The van der Waals surface area contributed by atoms with Crippen LogP contribution in [0, 0.1) is 12.5 Å². The van der Waals surface area contributed by atoms with E-state index in [1.165, 1.54) is 23.0 Å². The third-order valence-corrected chi connectivity index (χ3v) is 5.49. The van der Waals surface area contributed by atoms with Gasteiger partial charge >= 0.3 is 6.18 Å². The molecule has 0 aliphatic rings. The van der Waals surface area contributed by atoms with Crippen LogP contribution in [0.15, 0.2) is 43.0 Å². The Balaban J connectivity index is 1.57. The molecule has 12 heteroatoms. The number of hydrogen-bond acceptors (Lipinski definition) is 6. The van der Waals surface area contributed by atoms with Gasteiger partial charge in [0.15, 0.2) is 11.5 Å². The summed E-state index contributed by atoms with van der Waals surface area (Å²) < 4.78 is 41.6. The van der Waals surface area contributed by atoms with E-state index in [4.69, 9.17) is 6.42 Å². The van der Waals surface area contributed by atoms with Crippen LogP contribution in [0.2, 0.25) is 0 Å². The van der Waals surface area contributed by atoms with E-state index in [0.29, 0.717) is 48.6 Å². The number of aromatic amines is 1. The smallest absolute Gasteiger partial charge is 0.352 e. The zero-order valence-electron chi connectivity index (χ0n) is 19.3. The summed E-state index contributed by atoms with van der Waals surface area (Å²) in [6.07, 6.45) is 7.30. The molecule has 0 spiro atoms. The van der Waals surface area contributed by atoms with Gasteiger partial charge in [0, 0.05) is 42.8 Å². The van der Waals surface area contributed by atoms with E-state index >= 15 is 0 Å². The lowest BCUT2D eigenvalue weighted by Crippen LogP contribution is -2.27.